The van der Waals surface area contributed by atoms with Crippen LogP contribution in [0.25, 0.3) is 38.9 Å². The summed E-state index contributed by atoms with van der Waals surface area (Å²) in [7, 11) is 3.19. The number of aryl methyl sites for hydroxylation is 1. The van der Waals surface area contributed by atoms with E-state index in [1.807, 2.05) is 47.0 Å². The van der Waals surface area contributed by atoms with Crippen molar-refractivity contribution in [2.24, 2.45) is 0 Å². The van der Waals surface area contributed by atoms with Crippen molar-refractivity contribution in [3.63, 3.8) is 0 Å². The number of methoxy groups -OCH3 is 2. The average Bonchev–Trinajstić information content (AvgIpc) is 3.19. The van der Waals surface area contributed by atoms with E-state index in [4.69, 9.17) is 24.4 Å². The molecule has 0 aliphatic heterocycles. The normalized spacial score (nSPS) is 11.5. The summed E-state index contributed by atoms with van der Waals surface area (Å²) in [5.41, 5.74) is 3.79. The molecule has 0 amide bonds. The first-order valence-electron chi connectivity index (χ1n) is 11.5. The Balaban J connectivity index is 1.79. The number of ether oxygens (including phenoxy) is 2. The average molecular weight is 458 g/mol. The predicted molar refractivity (Wildman–Crippen MR) is 133 cm³/mol. The van der Waals surface area contributed by atoms with Crippen molar-refractivity contribution >= 4 is 33.2 Å². The fourth-order valence-electron chi connectivity index (χ4n) is 4.35. The second-order valence-electron chi connectivity index (χ2n) is 8.26. The fourth-order valence-corrected chi connectivity index (χ4v) is 4.35. The van der Waals surface area contributed by atoms with E-state index in [0.717, 1.165) is 42.4 Å². The third kappa shape index (κ3) is 3.65. The molecule has 0 spiro atoms. The molecule has 0 fully saturated rings. The van der Waals surface area contributed by atoms with E-state index in [0.29, 0.717) is 40.2 Å². The van der Waals surface area contributed by atoms with E-state index < -0.39 is 0 Å². The van der Waals surface area contributed by atoms with Crippen LogP contribution in [0.3, 0.4) is 0 Å². The smallest absolute Gasteiger partial charge is 0.265 e. The van der Waals surface area contributed by atoms with Gasteiger partial charge in [-0.3, -0.25) is 13.9 Å². The SMILES string of the molecule is CCCCCCn1cnc2c(c1=O)c1nc3ccccc3nc1n2-c1ccc(OC)c(OC)c1. The molecule has 0 saturated heterocycles. The first-order valence-corrected chi connectivity index (χ1v) is 11.5. The molecular formula is C26H27N5O3. The minimum Gasteiger partial charge on any atom is -0.493 e. The summed E-state index contributed by atoms with van der Waals surface area (Å²) in [6, 6.07) is 13.2. The quantitative estimate of drug-likeness (QED) is 0.309. The molecule has 3 heterocycles. The van der Waals surface area contributed by atoms with E-state index in [9.17, 15) is 4.79 Å². The van der Waals surface area contributed by atoms with E-state index in [-0.39, 0.29) is 5.56 Å². The maximum atomic E-state index is 13.6. The molecular weight excluding hydrogens is 430 g/mol. The summed E-state index contributed by atoms with van der Waals surface area (Å²) in [6.45, 7) is 2.80. The number of para-hydroxylation sites is 2. The van der Waals surface area contributed by atoms with Gasteiger partial charge in [-0.2, -0.15) is 0 Å². The molecule has 0 bridgehead atoms. The highest BCUT2D eigenvalue weighted by Crippen LogP contribution is 2.33. The van der Waals surface area contributed by atoms with Crippen LogP contribution < -0.4 is 15.0 Å². The van der Waals surface area contributed by atoms with Crippen molar-refractivity contribution in [1.29, 1.82) is 0 Å². The topological polar surface area (TPSA) is 84.1 Å². The van der Waals surface area contributed by atoms with Crippen LogP contribution in [0.15, 0.2) is 53.6 Å². The van der Waals surface area contributed by atoms with Crippen LogP contribution in [-0.2, 0) is 6.54 Å². The van der Waals surface area contributed by atoms with Gasteiger partial charge in [0.1, 0.15) is 10.9 Å². The fraction of sp³-hybridized carbons (Fsp3) is 0.308. The number of fused-ring (bicyclic) bond motifs is 4. The lowest BCUT2D eigenvalue weighted by atomic mass is 10.2. The lowest BCUT2D eigenvalue weighted by molar-refractivity contribution is 0.355. The molecule has 0 atom stereocenters. The van der Waals surface area contributed by atoms with E-state index in [1.54, 1.807) is 25.1 Å². The van der Waals surface area contributed by atoms with Gasteiger partial charge in [0, 0.05) is 12.6 Å². The molecule has 5 aromatic rings. The van der Waals surface area contributed by atoms with Crippen LogP contribution in [0, 0.1) is 0 Å². The van der Waals surface area contributed by atoms with Crippen LogP contribution >= 0.6 is 0 Å². The van der Waals surface area contributed by atoms with Gasteiger partial charge in [0.15, 0.2) is 22.8 Å². The molecule has 34 heavy (non-hydrogen) atoms. The maximum absolute atomic E-state index is 13.6. The van der Waals surface area contributed by atoms with E-state index in [2.05, 4.69) is 6.92 Å². The molecule has 0 saturated carbocycles. The van der Waals surface area contributed by atoms with Crippen molar-refractivity contribution in [2.75, 3.05) is 14.2 Å². The number of unbranched alkanes of at least 4 members (excludes halogenated alkanes) is 3. The molecule has 0 aliphatic carbocycles. The highest BCUT2D eigenvalue weighted by Gasteiger charge is 2.21. The minimum absolute atomic E-state index is 0.102. The standard InChI is InChI=1S/C26H27N5O3/c1-4-5-6-9-14-30-16-27-24-22(26(30)32)23-25(29-19-11-8-7-10-18(19)28-23)31(24)17-12-13-20(33-2)21(15-17)34-3/h7-8,10-13,15-16H,4-6,9,14H2,1-3H3. The van der Waals surface area contributed by atoms with Gasteiger partial charge in [-0.1, -0.05) is 38.3 Å². The van der Waals surface area contributed by atoms with Gasteiger partial charge in [0.05, 0.1) is 37.3 Å². The Bertz CT molecular complexity index is 1550. The molecule has 8 nitrogen and oxygen atoms in total. The van der Waals surface area contributed by atoms with Gasteiger partial charge >= 0.3 is 0 Å². The van der Waals surface area contributed by atoms with Gasteiger partial charge in [-0.25, -0.2) is 15.0 Å². The van der Waals surface area contributed by atoms with Crippen LogP contribution in [0.2, 0.25) is 0 Å². The number of nitrogens with zero attached hydrogens (tertiary/aromatic N) is 5. The van der Waals surface area contributed by atoms with Gasteiger partial charge in [0.25, 0.3) is 5.56 Å². The maximum Gasteiger partial charge on any atom is 0.265 e. The monoisotopic (exact) mass is 457 g/mol. The zero-order valence-corrected chi connectivity index (χ0v) is 19.6. The Morgan fingerprint density at radius 3 is 2.38 bits per heavy atom. The van der Waals surface area contributed by atoms with Gasteiger partial charge in [-0.15, -0.1) is 0 Å². The van der Waals surface area contributed by atoms with Gasteiger partial charge < -0.3 is 9.47 Å². The lowest BCUT2D eigenvalue weighted by Gasteiger charge is -2.12. The highest BCUT2D eigenvalue weighted by molar-refractivity contribution is 6.05. The number of hydrogen-bond acceptors (Lipinski definition) is 6. The summed E-state index contributed by atoms with van der Waals surface area (Å²) in [5, 5.41) is 0.473. The van der Waals surface area contributed by atoms with Crippen molar-refractivity contribution in [2.45, 2.75) is 39.2 Å². The zero-order chi connectivity index (χ0) is 23.7. The summed E-state index contributed by atoms with van der Waals surface area (Å²) in [6.07, 6.45) is 5.95. The molecule has 3 aromatic heterocycles. The summed E-state index contributed by atoms with van der Waals surface area (Å²) in [5.74, 6) is 1.19. The van der Waals surface area contributed by atoms with Crippen molar-refractivity contribution in [3.8, 4) is 17.2 Å². The first-order chi connectivity index (χ1) is 16.7. The van der Waals surface area contributed by atoms with Gasteiger partial charge in [-0.05, 0) is 30.7 Å². The Hall–Kier alpha value is -3.94. The number of benzene rings is 2. The van der Waals surface area contributed by atoms with Crippen molar-refractivity contribution in [1.82, 2.24) is 24.1 Å². The Kier molecular flexibility index (Phi) is 5.88. The summed E-state index contributed by atoms with van der Waals surface area (Å²) >= 11 is 0. The number of rotatable bonds is 8. The van der Waals surface area contributed by atoms with Gasteiger partial charge in [0.2, 0.25) is 0 Å². The second-order valence-corrected chi connectivity index (χ2v) is 8.26. The molecule has 2 aromatic carbocycles. The Labute approximate surface area is 196 Å². The largest absolute Gasteiger partial charge is 0.493 e. The lowest BCUT2D eigenvalue weighted by Crippen LogP contribution is -2.20. The Morgan fingerprint density at radius 2 is 1.65 bits per heavy atom. The third-order valence-electron chi connectivity index (χ3n) is 6.11. The molecule has 174 valence electrons. The zero-order valence-electron chi connectivity index (χ0n) is 19.6. The summed E-state index contributed by atoms with van der Waals surface area (Å²) in [4.78, 5) is 28.1. The summed E-state index contributed by atoms with van der Waals surface area (Å²) < 4.78 is 14.5. The number of aromatic nitrogens is 5. The molecule has 0 radical (unpaired) electrons. The highest BCUT2D eigenvalue weighted by atomic mass is 16.5. The second kappa shape index (κ2) is 9.13. The number of hydrogen-bond donors (Lipinski definition) is 0. The molecule has 0 N–H and O–H groups in total. The first kappa shape index (κ1) is 21.9. The van der Waals surface area contributed by atoms with Crippen LogP contribution in [-0.4, -0.2) is 38.3 Å². The van der Waals surface area contributed by atoms with Crippen LogP contribution in [0.4, 0.5) is 0 Å². The third-order valence-corrected chi connectivity index (χ3v) is 6.11. The molecule has 0 unspecified atom stereocenters. The van der Waals surface area contributed by atoms with E-state index >= 15 is 0 Å². The van der Waals surface area contributed by atoms with E-state index in [1.165, 1.54) is 0 Å². The molecule has 8 heteroatoms. The molecule has 5 rings (SSSR count). The minimum atomic E-state index is -0.102. The molecule has 0 aliphatic rings. The van der Waals surface area contributed by atoms with Crippen LogP contribution in [0.5, 0.6) is 11.5 Å². The van der Waals surface area contributed by atoms with Crippen LogP contribution in [0.1, 0.15) is 32.6 Å². The predicted octanol–water partition coefficient (Wildman–Crippen LogP) is 4.88. The van der Waals surface area contributed by atoms with Crippen molar-refractivity contribution in [3.05, 3.63) is 59.1 Å². The van der Waals surface area contributed by atoms with Crippen molar-refractivity contribution < 1.29 is 9.47 Å². The Morgan fingerprint density at radius 1 is 0.882 bits per heavy atom.